The summed E-state index contributed by atoms with van der Waals surface area (Å²) < 4.78 is 49.4. The predicted molar refractivity (Wildman–Crippen MR) is 121 cm³/mol. The minimum Gasteiger partial charge on any atom is -0.451 e. The number of rotatable bonds is 7. The molecule has 2 heterocycles. The summed E-state index contributed by atoms with van der Waals surface area (Å²) in [6.07, 6.45) is -1.20. The third kappa shape index (κ3) is 7.35. The van der Waals surface area contributed by atoms with Gasteiger partial charge in [-0.2, -0.15) is 13.2 Å². The highest BCUT2D eigenvalue weighted by Crippen LogP contribution is 2.31. The molecule has 2 atom stereocenters. The van der Waals surface area contributed by atoms with Crippen molar-refractivity contribution in [2.45, 2.75) is 58.3 Å². The number of alkyl halides is 3. The highest BCUT2D eigenvalue weighted by Gasteiger charge is 2.30. The lowest BCUT2D eigenvalue weighted by molar-refractivity contribution is -0.137. The highest BCUT2D eigenvalue weighted by molar-refractivity contribution is 5.92. The number of carbonyl (C=O) groups is 2. The molecule has 0 aliphatic carbocycles. The van der Waals surface area contributed by atoms with Crippen LogP contribution in [0, 0.1) is 11.8 Å². The summed E-state index contributed by atoms with van der Waals surface area (Å²) in [6, 6.07) is 7.51. The van der Waals surface area contributed by atoms with E-state index in [9.17, 15) is 22.8 Å². The molecule has 2 amide bonds. The molecule has 3 rings (SSSR count). The van der Waals surface area contributed by atoms with Crippen LogP contribution in [0.3, 0.4) is 0 Å². The lowest BCUT2D eigenvalue weighted by Gasteiger charge is -2.25. The molecule has 6 nitrogen and oxygen atoms in total. The number of amides is 2. The number of halogens is 3. The summed E-state index contributed by atoms with van der Waals surface area (Å²) in [6.45, 7) is 5.24. The second kappa shape index (κ2) is 11.6. The van der Waals surface area contributed by atoms with Crippen LogP contribution in [0.2, 0.25) is 0 Å². The van der Waals surface area contributed by atoms with Crippen LogP contribution in [-0.4, -0.2) is 31.2 Å². The zero-order chi connectivity index (χ0) is 24.7. The third-order valence-corrected chi connectivity index (χ3v) is 5.73. The normalized spacial score (nSPS) is 18.1. The molecule has 186 valence electrons. The Morgan fingerprint density at radius 3 is 2.41 bits per heavy atom. The lowest BCUT2D eigenvalue weighted by Crippen LogP contribution is -2.50. The fourth-order valence-electron chi connectivity index (χ4n) is 3.91. The van der Waals surface area contributed by atoms with Crippen molar-refractivity contribution in [3.05, 3.63) is 47.7 Å². The Hall–Kier alpha value is -2.81. The van der Waals surface area contributed by atoms with Crippen LogP contribution >= 0.6 is 0 Å². The van der Waals surface area contributed by atoms with Crippen LogP contribution in [0.1, 0.15) is 62.1 Å². The van der Waals surface area contributed by atoms with Crippen molar-refractivity contribution in [1.29, 1.82) is 0 Å². The van der Waals surface area contributed by atoms with Gasteiger partial charge in [0.05, 0.1) is 5.56 Å². The summed E-state index contributed by atoms with van der Waals surface area (Å²) in [7, 11) is 0. The van der Waals surface area contributed by atoms with Crippen LogP contribution in [0.15, 0.2) is 40.8 Å². The summed E-state index contributed by atoms with van der Waals surface area (Å²) in [4.78, 5) is 25.6. The first-order valence-corrected chi connectivity index (χ1v) is 11.6. The second-order valence-corrected chi connectivity index (χ2v) is 9.00. The van der Waals surface area contributed by atoms with E-state index in [1.807, 2.05) is 13.8 Å². The van der Waals surface area contributed by atoms with Crippen molar-refractivity contribution >= 4 is 11.8 Å². The largest absolute Gasteiger partial charge is 0.451 e. The zero-order valence-electron chi connectivity index (χ0n) is 19.4. The van der Waals surface area contributed by atoms with Gasteiger partial charge in [0, 0.05) is 24.7 Å². The van der Waals surface area contributed by atoms with Crippen molar-refractivity contribution in [3.8, 4) is 11.3 Å². The Morgan fingerprint density at radius 1 is 1.00 bits per heavy atom. The Labute approximate surface area is 197 Å². The molecule has 9 heteroatoms. The molecule has 1 fully saturated rings. The Kier molecular flexibility index (Phi) is 8.77. The zero-order valence-corrected chi connectivity index (χ0v) is 19.4. The molecule has 2 aromatic rings. The van der Waals surface area contributed by atoms with E-state index in [4.69, 9.17) is 9.15 Å². The molecule has 34 heavy (non-hydrogen) atoms. The van der Waals surface area contributed by atoms with Gasteiger partial charge in [-0.3, -0.25) is 9.59 Å². The van der Waals surface area contributed by atoms with E-state index in [1.165, 1.54) is 24.3 Å². The van der Waals surface area contributed by atoms with Crippen molar-refractivity contribution in [3.63, 3.8) is 0 Å². The van der Waals surface area contributed by atoms with Crippen molar-refractivity contribution in [2.75, 3.05) is 13.2 Å². The van der Waals surface area contributed by atoms with Gasteiger partial charge in [-0.25, -0.2) is 0 Å². The molecular formula is C25H31F3N2O4. The fraction of sp³-hybridized carbons (Fsp3) is 0.520. The highest BCUT2D eigenvalue weighted by atomic mass is 19.4. The van der Waals surface area contributed by atoms with E-state index in [0.717, 1.165) is 38.0 Å². The van der Waals surface area contributed by atoms with Crippen molar-refractivity contribution in [1.82, 2.24) is 10.6 Å². The summed E-state index contributed by atoms with van der Waals surface area (Å²) in [5, 5.41) is 5.76. The molecule has 0 radical (unpaired) electrons. The van der Waals surface area contributed by atoms with Gasteiger partial charge in [-0.05, 0) is 55.9 Å². The molecule has 2 N–H and O–H groups in total. The van der Waals surface area contributed by atoms with Crippen molar-refractivity contribution < 1.29 is 31.9 Å². The third-order valence-electron chi connectivity index (χ3n) is 5.73. The molecule has 1 aliphatic heterocycles. The first kappa shape index (κ1) is 25.8. The van der Waals surface area contributed by atoms with Crippen LogP contribution in [0.25, 0.3) is 11.3 Å². The van der Waals surface area contributed by atoms with Gasteiger partial charge in [0.2, 0.25) is 5.91 Å². The van der Waals surface area contributed by atoms with Gasteiger partial charge < -0.3 is 19.8 Å². The maximum Gasteiger partial charge on any atom is 0.416 e. The Morgan fingerprint density at radius 2 is 1.74 bits per heavy atom. The average Bonchev–Trinajstić information content (AvgIpc) is 3.23. The summed E-state index contributed by atoms with van der Waals surface area (Å²) in [5.41, 5.74) is -0.338. The van der Waals surface area contributed by atoms with Gasteiger partial charge in [0.1, 0.15) is 11.9 Å². The van der Waals surface area contributed by atoms with E-state index >= 15 is 0 Å². The molecule has 1 saturated heterocycles. The molecule has 1 aliphatic rings. The van der Waals surface area contributed by atoms with E-state index in [1.54, 1.807) is 0 Å². The molecule has 0 bridgehead atoms. The quantitative estimate of drug-likeness (QED) is 0.521. The first-order valence-electron chi connectivity index (χ1n) is 11.6. The second-order valence-electron chi connectivity index (χ2n) is 9.00. The smallest absolute Gasteiger partial charge is 0.416 e. The first-order chi connectivity index (χ1) is 16.1. The number of benzene rings is 1. The van der Waals surface area contributed by atoms with Gasteiger partial charge in [0.25, 0.3) is 5.91 Å². The van der Waals surface area contributed by atoms with E-state index < -0.39 is 23.8 Å². The SMILES string of the molecule is CC(C)CC(NC(=O)c1ccc(-c2ccc(C(F)(F)F)cc2)o1)NC(=O)C1CCCCOCC1. The minimum absolute atomic E-state index is 0.0113. The Balaban J connectivity index is 1.65. The van der Waals surface area contributed by atoms with E-state index in [-0.39, 0.29) is 29.3 Å². The van der Waals surface area contributed by atoms with Crippen LogP contribution in [0.5, 0.6) is 0 Å². The molecule has 1 aromatic carbocycles. The Bertz CT molecular complexity index is 946. The van der Waals surface area contributed by atoms with Crippen LogP contribution < -0.4 is 10.6 Å². The maximum atomic E-state index is 12.8. The number of ether oxygens (including phenoxy) is 1. The summed E-state index contributed by atoms with van der Waals surface area (Å²) >= 11 is 0. The molecular weight excluding hydrogens is 449 g/mol. The van der Waals surface area contributed by atoms with E-state index in [0.29, 0.717) is 25.0 Å². The standard InChI is InChI=1S/C25H31F3N2O4/c1-16(2)15-22(29-23(31)18-5-3-4-13-33-14-12-18)30-24(32)21-11-10-20(34-21)17-6-8-19(9-7-17)25(26,27)28/h6-11,16,18,22H,3-5,12-15H2,1-2H3,(H,29,31)(H,30,32). The van der Waals surface area contributed by atoms with Gasteiger partial charge >= 0.3 is 6.18 Å². The molecule has 2 unspecified atom stereocenters. The number of nitrogens with one attached hydrogen (secondary N) is 2. The minimum atomic E-state index is -4.42. The van der Waals surface area contributed by atoms with E-state index in [2.05, 4.69) is 10.6 Å². The van der Waals surface area contributed by atoms with Gasteiger partial charge in [-0.1, -0.05) is 32.4 Å². The monoisotopic (exact) mass is 480 g/mol. The maximum absolute atomic E-state index is 12.8. The van der Waals surface area contributed by atoms with Crippen LogP contribution in [0.4, 0.5) is 13.2 Å². The fourth-order valence-corrected chi connectivity index (χ4v) is 3.91. The number of hydrogen-bond donors (Lipinski definition) is 2. The number of furan rings is 1. The number of hydrogen-bond acceptors (Lipinski definition) is 4. The molecule has 1 aromatic heterocycles. The molecule has 0 spiro atoms. The molecule has 0 saturated carbocycles. The van der Waals surface area contributed by atoms with Crippen molar-refractivity contribution in [2.24, 2.45) is 11.8 Å². The van der Waals surface area contributed by atoms with Crippen LogP contribution in [-0.2, 0) is 15.7 Å². The average molecular weight is 481 g/mol. The van der Waals surface area contributed by atoms with Gasteiger partial charge in [0.15, 0.2) is 5.76 Å². The topological polar surface area (TPSA) is 80.6 Å². The lowest BCUT2D eigenvalue weighted by atomic mass is 9.96. The number of carbonyl (C=O) groups excluding carboxylic acids is 2. The summed E-state index contributed by atoms with van der Waals surface area (Å²) in [5.74, 6) is -0.283. The predicted octanol–water partition coefficient (Wildman–Crippen LogP) is 5.39. The van der Waals surface area contributed by atoms with Gasteiger partial charge in [-0.15, -0.1) is 0 Å².